The summed E-state index contributed by atoms with van der Waals surface area (Å²) in [6.45, 7) is 4.08. The molecule has 0 spiro atoms. The Morgan fingerprint density at radius 3 is 2.25 bits per heavy atom. The van der Waals surface area contributed by atoms with Gasteiger partial charge in [-0.1, -0.05) is 56.3 Å². The molecule has 0 aliphatic carbocycles. The zero-order valence-corrected chi connectivity index (χ0v) is 18.5. The third kappa shape index (κ3) is 3.95. The fourth-order valence-electron chi connectivity index (χ4n) is 3.80. The van der Waals surface area contributed by atoms with Crippen molar-refractivity contribution >= 4 is 17.6 Å². The van der Waals surface area contributed by atoms with E-state index in [0.717, 1.165) is 5.56 Å². The number of nitrogens with zero attached hydrogens (tertiary/aromatic N) is 2. The van der Waals surface area contributed by atoms with Crippen LogP contribution in [0.1, 0.15) is 36.8 Å². The highest BCUT2D eigenvalue weighted by Crippen LogP contribution is 2.43. The third-order valence-electron chi connectivity index (χ3n) is 5.41. The van der Waals surface area contributed by atoms with Gasteiger partial charge < -0.3 is 15.2 Å². The molecule has 1 heterocycles. The molecule has 1 atom stereocenters. The van der Waals surface area contributed by atoms with Gasteiger partial charge in [0.2, 0.25) is 0 Å². The van der Waals surface area contributed by atoms with Crippen LogP contribution in [0.5, 0.6) is 0 Å². The third-order valence-corrected chi connectivity index (χ3v) is 5.41. The molecule has 164 valence electrons. The normalized spacial score (nSPS) is 16.1. The summed E-state index contributed by atoms with van der Waals surface area (Å²) in [7, 11) is 2.45. The number of hydrogen-bond donors (Lipinski definition) is 1. The van der Waals surface area contributed by atoms with Crippen molar-refractivity contribution in [3.05, 3.63) is 88.4 Å². The molecule has 1 unspecified atom stereocenters. The van der Waals surface area contributed by atoms with Gasteiger partial charge in [-0.15, -0.1) is 0 Å². The van der Waals surface area contributed by atoms with Crippen molar-refractivity contribution in [2.75, 3.05) is 19.1 Å². The molecule has 1 aliphatic heterocycles. The first-order valence-corrected chi connectivity index (χ1v) is 10.1. The molecule has 0 aromatic heterocycles. The van der Waals surface area contributed by atoms with Crippen LogP contribution >= 0.6 is 0 Å². The van der Waals surface area contributed by atoms with Crippen molar-refractivity contribution in [1.82, 2.24) is 0 Å². The minimum absolute atomic E-state index is 0.00810. The van der Waals surface area contributed by atoms with Crippen molar-refractivity contribution in [2.24, 2.45) is 5.73 Å². The minimum Gasteiger partial charge on any atom is -0.466 e. The number of anilines is 1. The monoisotopic (exact) mass is 431 g/mol. The average molecular weight is 431 g/mol. The molecule has 2 N–H and O–H groups in total. The number of esters is 2. The summed E-state index contributed by atoms with van der Waals surface area (Å²) in [6.07, 6.45) is 0. The summed E-state index contributed by atoms with van der Waals surface area (Å²) in [5.41, 5.74) is 8.72. The Morgan fingerprint density at radius 2 is 1.69 bits per heavy atom. The largest absolute Gasteiger partial charge is 0.466 e. The molecule has 3 rings (SSSR count). The van der Waals surface area contributed by atoms with Crippen molar-refractivity contribution < 1.29 is 19.1 Å². The van der Waals surface area contributed by atoms with Gasteiger partial charge in [0.15, 0.2) is 0 Å². The SMILES string of the molecule is COC(=O)C1=C(C(=O)OC)N(c2cccc(C(C)C)c2)C(N)=C(C#N)C1c1ccccc1. The number of benzene rings is 2. The van der Waals surface area contributed by atoms with E-state index in [2.05, 4.69) is 6.07 Å². The highest BCUT2D eigenvalue weighted by molar-refractivity contribution is 6.06. The summed E-state index contributed by atoms with van der Waals surface area (Å²) < 4.78 is 10.1. The maximum atomic E-state index is 13.0. The number of nitrogens with two attached hydrogens (primary N) is 1. The molecular weight excluding hydrogens is 406 g/mol. The fraction of sp³-hybridized carbons (Fsp3) is 0.240. The van der Waals surface area contributed by atoms with Gasteiger partial charge in [-0.3, -0.25) is 4.90 Å². The highest BCUT2D eigenvalue weighted by atomic mass is 16.5. The maximum Gasteiger partial charge on any atom is 0.355 e. The van der Waals surface area contributed by atoms with Crippen molar-refractivity contribution in [3.63, 3.8) is 0 Å². The number of methoxy groups -OCH3 is 2. The van der Waals surface area contributed by atoms with Crippen LogP contribution < -0.4 is 10.6 Å². The van der Waals surface area contributed by atoms with Crippen LogP contribution in [0.3, 0.4) is 0 Å². The Hall–Kier alpha value is -4.05. The van der Waals surface area contributed by atoms with E-state index in [1.54, 1.807) is 30.3 Å². The van der Waals surface area contributed by atoms with Crippen molar-refractivity contribution in [2.45, 2.75) is 25.7 Å². The van der Waals surface area contributed by atoms with Gasteiger partial charge in [-0.05, 0) is 29.2 Å². The van der Waals surface area contributed by atoms with Gasteiger partial charge in [0.1, 0.15) is 11.5 Å². The van der Waals surface area contributed by atoms with E-state index in [-0.39, 0.29) is 28.6 Å². The van der Waals surface area contributed by atoms with Gasteiger partial charge in [0.05, 0.1) is 37.4 Å². The molecule has 0 saturated carbocycles. The highest BCUT2D eigenvalue weighted by Gasteiger charge is 2.42. The molecule has 1 aliphatic rings. The van der Waals surface area contributed by atoms with E-state index in [0.29, 0.717) is 11.3 Å². The standard InChI is InChI=1S/C25H25N3O4/c1-15(2)17-11-8-12-18(13-17)28-22(25(30)32-4)21(24(29)31-3)20(19(14-26)23(28)27)16-9-6-5-7-10-16/h5-13,15,20H,27H2,1-4H3. The fourth-order valence-corrected chi connectivity index (χ4v) is 3.80. The second-order valence-electron chi connectivity index (χ2n) is 7.58. The minimum atomic E-state index is -0.882. The van der Waals surface area contributed by atoms with Crippen LogP contribution in [-0.2, 0) is 19.1 Å². The van der Waals surface area contributed by atoms with Crippen molar-refractivity contribution in [1.29, 1.82) is 5.26 Å². The van der Waals surface area contributed by atoms with E-state index in [4.69, 9.17) is 15.2 Å². The maximum absolute atomic E-state index is 13.0. The molecule has 7 nitrogen and oxygen atoms in total. The first kappa shape index (κ1) is 22.6. The molecular formula is C25H25N3O4. The lowest BCUT2D eigenvalue weighted by Crippen LogP contribution is -2.40. The van der Waals surface area contributed by atoms with Crippen molar-refractivity contribution in [3.8, 4) is 6.07 Å². The number of nitriles is 1. The molecule has 2 aromatic rings. The first-order valence-electron chi connectivity index (χ1n) is 10.1. The number of carbonyl (C=O) groups is 2. The van der Waals surface area contributed by atoms with Crippen LogP contribution in [0.2, 0.25) is 0 Å². The van der Waals surface area contributed by atoms with E-state index in [1.807, 2.05) is 38.1 Å². The number of ether oxygens (including phenoxy) is 2. The van der Waals surface area contributed by atoms with Gasteiger partial charge in [-0.25, -0.2) is 9.59 Å². The smallest absolute Gasteiger partial charge is 0.355 e. The molecule has 32 heavy (non-hydrogen) atoms. The Kier molecular flexibility index (Phi) is 6.64. The van der Waals surface area contributed by atoms with Gasteiger partial charge in [0.25, 0.3) is 0 Å². The van der Waals surface area contributed by atoms with Crippen LogP contribution in [0, 0.1) is 11.3 Å². The summed E-state index contributed by atoms with van der Waals surface area (Å²) in [5, 5.41) is 10.0. The van der Waals surface area contributed by atoms with Crippen LogP contribution in [-0.4, -0.2) is 26.2 Å². The zero-order valence-electron chi connectivity index (χ0n) is 18.5. The summed E-state index contributed by atoms with van der Waals surface area (Å²) in [4.78, 5) is 27.4. The van der Waals surface area contributed by atoms with E-state index in [9.17, 15) is 14.9 Å². The Morgan fingerprint density at radius 1 is 1.03 bits per heavy atom. The predicted octanol–water partition coefficient (Wildman–Crippen LogP) is 3.71. The van der Waals surface area contributed by atoms with Crippen LogP contribution in [0.4, 0.5) is 5.69 Å². The molecule has 0 saturated heterocycles. The molecule has 7 heteroatoms. The average Bonchev–Trinajstić information content (AvgIpc) is 2.82. The number of carbonyl (C=O) groups excluding carboxylic acids is 2. The second kappa shape index (κ2) is 9.40. The van der Waals surface area contributed by atoms with Gasteiger partial charge in [-0.2, -0.15) is 5.26 Å². The predicted molar refractivity (Wildman–Crippen MR) is 120 cm³/mol. The Labute approximate surface area is 187 Å². The lowest BCUT2D eigenvalue weighted by molar-refractivity contribution is -0.139. The van der Waals surface area contributed by atoms with E-state index < -0.39 is 17.9 Å². The summed E-state index contributed by atoms with van der Waals surface area (Å²) in [6, 6.07) is 18.5. The second-order valence-corrected chi connectivity index (χ2v) is 7.58. The topological polar surface area (TPSA) is 106 Å². The lowest BCUT2D eigenvalue weighted by atomic mass is 9.81. The quantitative estimate of drug-likeness (QED) is 0.720. The molecule has 2 aromatic carbocycles. The zero-order chi connectivity index (χ0) is 23.4. The number of allylic oxidation sites excluding steroid dienone is 1. The van der Waals surface area contributed by atoms with E-state index >= 15 is 0 Å². The Bertz CT molecular complexity index is 1140. The van der Waals surface area contributed by atoms with E-state index in [1.165, 1.54) is 19.1 Å². The van der Waals surface area contributed by atoms with Crippen LogP contribution in [0.25, 0.3) is 0 Å². The molecule has 0 amide bonds. The number of rotatable bonds is 5. The van der Waals surface area contributed by atoms with Gasteiger partial charge >= 0.3 is 11.9 Å². The molecule has 0 bridgehead atoms. The first-order chi connectivity index (χ1) is 15.3. The summed E-state index contributed by atoms with van der Waals surface area (Å²) in [5.74, 6) is -2.13. The lowest BCUT2D eigenvalue weighted by Gasteiger charge is -2.36. The van der Waals surface area contributed by atoms with Crippen LogP contribution in [0.15, 0.2) is 77.3 Å². The molecule has 0 radical (unpaired) electrons. The molecule has 0 fully saturated rings. The van der Waals surface area contributed by atoms with Gasteiger partial charge in [0, 0.05) is 5.69 Å². The summed E-state index contributed by atoms with van der Waals surface area (Å²) >= 11 is 0. The Balaban J connectivity index is 2.40. The number of hydrogen-bond acceptors (Lipinski definition) is 7.